The number of rotatable bonds is 6. The minimum absolute atomic E-state index is 0.160. The molecule has 0 saturated carbocycles. The average molecular weight is 486 g/mol. The maximum absolute atomic E-state index is 13.3. The first kappa shape index (κ1) is 21.5. The van der Waals surface area contributed by atoms with Crippen molar-refractivity contribution in [3.8, 4) is 11.1 Å². The zero-order valence-electron chi connectivity index (χ0n) is 18.8. The van der Waals surface area contributed by atoms with Crippen LogP contribution in [0, 0.1) is 0 Å². The maximum Gasteiger partial charge on any atom is 0.283 e. The zero-order valence-corrected chi connectivity index (χ0v) is 19.5. The minimum atomic E-state index is -0.271. The first-order valence-electron chi connectivity index (χ1n) is 11.1. The highest BCUT2D eigenvalue weighted by molar-refractivity contribution is 6.31. The Balaban J connectivity index is 1.41. The molecule has 0 unspecified atom stereocenters. The number of methoxy groups -OCH3 is 1. The topological polar surface area (TPSA) is 103 Å². The average Bonchev–Trinajstić information content (AvgIpc) is 3.45. The first-order valence-corrected chi connectivity index (χ1v) is 11.4. The predicted molar refractivity (Wildman–Crippen MR) is 134 cm³/mol. The lowest BCUT2D eigenvalue weighted by Gasteiger charge is -2.06. The molecule has 10 heteroatoms. The van der Waals surface area contributed by atoms with Gasteiger partial charge < -0.3 is 9.72 Å². The van der Waals surface area contributed by atoms with Crippen LogP contribution in [0.4, 0.5) is 0 Å². The third-order valence-electron chi connectivity index (χ3n) is 6.07. The third kappa shape index (κ3) is 3.65. The van der Waals surface area contributed by atoms with Gasteiger partial charge in [-0.3, -0.25) is 9.36 Å². The summed E-state index contributed by atoms with van der Waals surface area (Å²) < 4.78 is 8.48. The molecule has 0 radical (unpaired) electrons. The molecule has 2 aromatic carbocycles. The molecule has 35 heavy (non-hydrogen) atoms. The maximum atomic E-state index is 13.3. The van der Waals surface area contributed by atoms with Crippen molar-refractivity contribution in [3.63, 3.8) is 0 Å². The van der Waals surface area contributed by atoms with Crippen molar-refractivity contribution in [2.24, 2.45) is 0 Å². The number of aromatic nitrogens is 7. The molecule has 6 aromatic rings. The smallest absolute Gasteiger partial charge is 0.283 e. The largest absolute Gasteiger partial charge is 0.378 e. The fourth-order valence-corrected chi connectivity index (χ4v) is 4.57. The van der Waals surface area contributed by atoms with Gasteiger partial charge in [0.15, 0.2) is 16.8 Å². The van der Waals surface area contributed by atoms with E-state index in [1.54, 1.807) is 16.2 Å². The summed E-state index contributed by atoms with van der Waals surface area (Å²) in [7, 11) is 1.61. The van der Waals surface area contributed by atoms with Crippen molar-refractivity contribution in [2.75, 3.05) is 7.11 Å². The third-order valence-corrected chi connectivity index (χ3v) is 6.30. The van der Waals surface area contributed by atoms with Crippen LogP contribution >= 0.6 is 11.6 Å². The van der Waals surface area contributed by atoms with Gasteiger partial charge in [0.1, 0.15) is 6.33 Å². The van der Waals surface area contributed by atoms with Crippen LogP contribution in [0.2, 0.25) is 5.02 Å². The van der Waals surface area contributed by atoms with Gasteiger partial charge in [-0.2, -0.15) is 9.61 Å². The van der Waals surface area contributed by atoms with Crippen LogP contribution < -0.4 is 5.56 Å². The molecule has 0 atom stereocenters. The summed E-state index contributed by atoms with van der Waals surface area (Å²) in [5, 5.41) is 15.0. The molecule has 174 valence electrons. The number of hydrogen-bond donors (Lipinski definition) is 1. The normalized spacial score (nSPS) is 11.7. The number of nitrogens with zero attached hydrogens (tertiary/aromatic N) is 6. The number of benzene rings is 2. The molecular weight excluding hydrogens is 466 g/mol. The number of halogens is 1. The molecular formula is C25H20ClN7O2. The number of aryl methyl sites for hydroxylation is 2. The Labute approximate surface area is 204 Å². The molecule has 0 aliphatic carbocycles. The van der Waals surface area contributed by atoms with Gasteiger partial charge in [-0.25, -0.2) is 4.98 Å². The van der Waals surface area contributed by atoms with Gasteiger partial charge in [0.05, 0.1) is 17.9 Å². The second-order valence-corrected chi connectivity index (χ2v) is 8.66. The minimum Gasteiger partial charge on any atom is -0.378 e. The van der Waals surface area contributed by atoms with Crippen LogP contribution in [0.1, 0.15) is 11.3 Å². The first-order chi connectivity index (χ1) is 17.1. The lowest BCUT2D eigenvalue weighted by Crippen LogP contribution is -2.23. The summed E-state index contributed by atoms with van der Waals surface area (Å²) in [6.45, 7) is 0.727. The van der Waals surface area contributed by atoms with E-state index in [-0.39, 0.29) is 11.1 Å². The van der Waals surface area contributed by atoms with Crippen molar-refractivity contribution in [1.29, 1.82) is 0 Å². The molecule has 6 rings (SSSR count). The number of aromatic amines is 1. The lowest BCUT2D eigenvalue weighted by atomic mass is 10.1. The fraction of sp³-hybridized carbons (Fsp3) is 0.160. The highest BCUT2D eigenvalue weighted by Crippen LogP contribution is 2.28. The second-order valence-electron chi connectivity index (χ2n) is 8.23. The van der Waals surface area contributed by atoms with E-state index < -0.39 is 0 Å². The van der Waals surface area contributed by atoms with Crippen molar-refractivity contribution in [2.45, 2.75) is 19.6 Å². The van der Waals surface area contributed by atoms with Crippen molar-refractivity contribution < 1.29 is 4.74 Å². The fourth-order valence-electron chi connectivity index (χ4n) is 4.40. The van der Waals surface area contributed by atoms with Crippen LogP contribution in [0.25, 0.3) is 38.8 Å². The Morgan fingerprint density at radius 2 is 1.94 bits per heavy atom. The molecule has 0 spiro atoms. The van der Waals surface area contributed by atoms with Gasteiger partial charge in [0.25, 0.3) is 5.56 Å². The van der Waals surface area contributed by atoms with Gasteiger partial charge in [0.2, 0.25) is 0 Å². The monoisotopic (exact) mass is 485 g/mol. The summed E-state index contributed by atoms with van der Waals surface area (Å²) in [6.07, 6.45) is 4.10. The second kappa shape index (κ2) is 8.61. The molecule has 0 amide bonds. The number of H-pyrrole nitrogens is 1. The Morgan fingerprint density at radius 3 is 2.77 bits per heavy atom. The van der Waals surface area contributed by atoms with E-state index in [1.165, 1.54) is 6.33 Å². The Hall–Kier alpha value is -4.08. The summed E-state index contributed by atoms with van der Waals surface area (Å²) in [5.41, 5.74) is 5.29. The van der Waals surface area contributed by atoms with Gasteiger partial charge in [0, 0.05) is 35.8 Å². The summed E-state index contributed by atoms with van der Waals surface area (Å²) in [5.74, 6) is 0. The molecule has 0 aliphatic rings. The number of nitrogens with one attached hydrogen (secondary N) is 1. The van der Waals surface area contributed by atoms with E-state index in [9.17, 15) is 4.79 Å². The Morgan fingerprint density at radius 1 is 1.09 bits per heavy atom. The molecule has 9 nitrogen and oxygen atoms in total. The zero-order chi connectivity index (χ0) is 23.9. The van der Waals surface area contributed by atoms with E-state index in [1.807, 2.05) is 54.7 Å². The standard InChI is InChI=1S/C25H20ClN7O2/c1-35-13-20-21(15-5-3-2-4-6-15)23-30-29-22-24(33(23)31-20)28-14-32(25(22)34)10-9-16-12-27-19-8-7-17(26)11-18(16)19/h2-8,11-12,14,27H,9-10,13H2,1H3. The Bertz CT molecular complexity index is 1760. The van der Waals surface area contributed by atoms with Gasteiger partial charge in [-0.1, -0.05) is 41.9 Å². The van der Waals surface area contributed by atoms with Gasteiger partial charge in [-0.15, -0.1) is 10.2 Å². The van der Waals surface area contributed by atoms with Crippen molar-refractivity contribution >= 4 is 39.3 Å². The molecule has 0 aliphatic heterocycles. The summed E-state index contributed by atoms with van der Waals surface area (Å²) in [6, 6.07) is 15.5. The highest BCUT2D eigenvalue weighted by Gasteiger charge is 2.20. The van der Waals surface area contributed by atoms with Crippen LogP contribution in [-0.4, -0.2) is 41.5 Å². The predicted octanol–water partition coefficient (Wildman–Crippen LogP) is 4.03. The van der Waals surface area contributed by atoms with E-state index in [0.717, 1.165) is 27.6 Å². The molecule has 0 fully saturated rings. The van der Waals surface area contributed by atoms with E-state index in [2.05, 4.69) is 25.3 Å². The number of fused-ring (bicyclic) bond motifs is 4. The molecule has 4 heterocycles. The van der Waals surface area contributed by atoms with Crippen LogP contribution in [0.15, 0.2) is 65.8 Å². The van der Waals surface area contributed by atoms with Crippen LogP contribution in [-0.2, 0) is 24.3 Å². The SMILES string of the molecule is COCc1nn2c(nnc3c(=O)n(CCc4c[nH]c5ccc(Cl)cc45)cnc32)c1-c1ccccc1. The quantitative estimate of drug-likeness (QED) is 0.382. The van der Waals surface area contributed by atoms with Crippen molar-refractivity contribution in [1.82, 2.24) is 34.3 Å². The summed E-state index contributed by atoms with van der Waals surface area (Å²) in [4.78, 5) is 21.1. The number of ether oxygens (including phenoxy) is 1. The molecule has 4 aromatic heterocycles. The number of hydrogen-bond acceptors (Lipinski definition) is 6. The Kier molecular flexibility index (Phi) is 5.28. The molecule has 0 bridgehead atoms. The highest BCUT2D eigenvalue weighted by atomic mass is 35.5. The van der Waals surface area contributed by atoms with E-state index in [4.69, 9.17) is 16.3 Å². The summed E-state index contributed by atoms with van der Waals surface area (Å²) >= 11 is 6.16. The van der Waals surface area contributed by atoms with Crippen LogP contribution in [0.3, 0.4) is 0 Å². The van der Waals surface area contributed by atoms with E-state index >= 15 is 0 Å². The van der Waals surface area contributed by atoms with E-state index in [0.29, 0.717) is 41.6 Å². The van der Waals surface area contributed by atoms with Crippen molar-refractivity contribution in [3.05, 3.63) is 87.7 Å². The molecule has 1 N–H and O–H groups in total. The van der Waals surface area contributed by atoms with Gasteiger partial charge >= 0.3 is 0 Å². The van der Waals surface area contributed by atoms with Crippen LogP contribution in [0.5, 0.6) is 0 Å². The molecule has 0 saturated heterocycles. The van der Waals surface area contributed by atoms with Gasteiger partial charge in [-0.05, 0) is 35.7 Å². The lowest BCUT2D eigenvalue weighted by molar-refractivity contribution is 0.181.